The second-order valence-corrected chi connectivity index (χ2v) is 9.39. The maximum atomic E-state index is 12.9. The van der Waals surface area contributed by atoms with Gasteiger partial charge >= 0.3 is 0 Å². The van der Waals surface area contributed by atoms with Gasteiger partial charge in [-0.3, -0.25) is 0 Å². The van der Waals surface area contributed by atoms with E-state index in [0.29, 0.717) is 22.9 Å². The number of aryl methyl sites for hydroxylation is 2. The number of nitrogens with zero attached hydrogens (tertiary/aromatic N) is 8. The Balaban J connectivity index is 0.000000167. The van der Waals surface area contributed by atoms with Gasteiger partial charge in [0, 0.05) is 24.8 Å². The first-order valence-electron chi connectivity index (χ1n) is 12.6. The van der Waals surface area contributed by atoms with Gasteiger partial charge in [0.15, 0.2) is 11.6 Å². The molecule has 11 heteroatoms. The number of hydrogen-bond acceptors (Lipinski definition) is 6. The van der Waals surface area contributed by atoms with Crippen molar-refractivity contribution in [3.05, 3.63) is 142 Å². The Labute approximate surface area is 255 Å². The van der Waals surface area contributed by atoms with Gasteiger partial charge in [-0.25, -0.2) is 38.1 Å². The number of terminal acetylenes is 1. The van der Waals surface area contributed by atoms with E-state index in [-0.39, 0.29) is 11.6 Å². The van der Waals surface area contributed by atoms with Crippen LogP contribution in [0.25, 0.3) is 11.6 Å². The molecule has 0 bridgehead atoms. The zero-order valence-electron chi connectivity index (χ0n) is 23.0. The lowest BCUT2D eigenvalue weighted by Gasteiger charge is -1.98. The zero-order valence-corrected chi connectivity index (χ0v) is 24.6. The lowest BCUT2D eigenvalue weighted by molar-refractivity contribution is 0.618. The van der Waals surface area contributed by atoms with Gasteiger partial charge in [0.2, 0.25) is 0 Å². The molecule has 0 spiro atoms. The molecule has 0 aliphatic carbocycles. The van der Waals surface area contributed by atoms with E-state index in [2.05, 4.69) is 63.8 Å². The Hall–Kier alpha value is -5.52. The predicted molar refractivity (Wildman–Crippen MR) is 162 cm³/mol. The van der Waals surface area contributed by atoms with Crippen LogP contribution in [0.3, 0.4) is 0 Å². The smallest absolute Gasteiger partial charge is 0.153 e. The minimum Gasteiger partial charge on any atom is -0.249 e. The fourth-order valence-corrected chi connectivity index (χ4v) is 3.61. The standard InChI is InChI=1S/C16H11FN4.C11H8FN3.C5H4BrN/c1-12-13(5-7-15-4-2-3-9-18-15)11-21(20-12)16-8-6-14(17)10-19-16;1-3-9-7-15(14-8(9)2)11-5-4-10(12)6-13-11;6-5-3-1-2-4-7-5/h2-4,6,8-11H,1H3;1,4-7H,2H3;1-4H. The number of hydrogen-bond donors (Lipinski definition) is 0. The van der Waals surface area contributed by atoms with Crippen molar-refractivity contribution in [2.75, 3.05) is 0 Å². The molecule has 8 nitrogen and oxygen atoms in total. The normalized spacial score (nSPS) is 9.77. The molecule has 6 aromatic rings. The fraction of sp³-hybridized carbons (Fsp3) is 0.0625. The van der Waals surface area contributed by atoms with Gasteiger partial charge in [-0.05, 0) is 84.2 Å². The number of rotatable bonds is 2. The highest BCUT2D eigenvalue weighted by atomic mass is 79.9. The molecule has 0 aliphatic heterocycles. The SMILES string of the molecule is Brc1ccccn1.C#Cc1cn(-c2ccc(F)cn2)nc1C.Cc1nn(-c2ccc(F)cn2)cc1C#Cc1ccccn1. The molecule has 0 saturated heterocycles. The molecule has 0 N–H and O–H groups in total. The third kappa shape index (κ3) is 8.98. The zero-order chi connectivity index (χ0) is 30.6. The summed E-state index contributed by atoms with van der Waals surface area (Å²) in [6.07, 6.45) is 14.5. The summed E-state index contributed by atoms with van der Waals surface area (Å²) < 4.78 is 29.5. The summed E-state index contributed by atoms with van der Waals surface area (Å²) in [7, 11) is 0. The summed E-state index contributed by atoms with van der Waals surface area (Å²) in [5.41, 5.74) is 3.73. The van der Waals surface area contributed by atoms with Crippen LogP contribution in [0.4, 0.5) is 8.78 Å². The van der Waals surface area contributed by atoms with Crippen molar-refractivity contribution in [3.63, 3.8) is 0 Å². The van der Waals surface area contributed by atoms with Gasteiger partial charge in [0.1, 0.15) is 21.9 Å². The van der Waals surface area contributed by atoms with Crippen molar-refractivity contribution in [3.8, 4) is 35.8 Å². The van der Waals surface area contributed by atoms with Gasteiger partial charge in [0.05, 0.1) is 34.9 Å². The summed E-state index contributed by atoms with van der Waals surface area (Å²) in [6.45, 7) is 3.68. The molecule has 0 unspecified atom stereocenters. The van der Waals surface area contributed by atoms with Crippen LogP contribution in [0.1, 0.15) is 28.2 Å². The van der Waals surface area contributed by atoms with Gasteiger partial charge in [-0.2, -0.15) is 10.2 Å². The van der Waals surface area contributed by atoms with E-state index in [1.807, 2.05) is 50.2 Å². The van der Waals surface area contributed by atoms with Crippen molar-refractivity contribution in [1.82, 2.24) is 39.5 Å². The minimum absolute atomic E-state index is 0.375. The summed E-state index contributed by atoms with van der Waals surface area (Å²) >= 11 is 3.20. The van der Waals surface area contributed by atoms with Crippen molar-refractivity contribution in [1.29, 1.82) is 0 Å². The van der Waals surface area contributed by atoms with Crippen LogP contribution in [0, 0.1) is 49.7 Å². The average Bonchev–Trinajstić information content (AvgIpc) is 3.60. The maximum absolute atomic E-state index is 12.9. The first-order chi connectivity index (χ1) is 20.8. The van der Waals surface area contributed by atoms with Crippen LogP contribution in [-0.4, -0.2) is 39.5 Å². The van der Waals surface area contributed by atoms with Gasteiger partial charge in [-0.15, -0.1) is 6.42 Å². The number of aromatic nitrogens is 8. The Morgan fingerprint density at radius 2 is 1.23 bits per heavy atom. The molecule has 6 aromatic heterocycles. The van der Waals surface area contributed by atoms with Crippen molar-refractivity contribution in [2.45, 2.75) is 13.8 Å². The summed E-state index contributed by atoms with van der Waals surface area (Å²) in [4.78, 5) is 15.9. The highest BCUT2D eigenvalue weighted by Crippen LogP contribution is 2.11. The van der Waals surface area contributed by atoms with Crippen molar-refractivity contribution >= 4 is 15.9 Å². The topological polar surface area (TPSA) is 87.2 Å². The third-order valence-corrected chi connectivity index (χ3v) is 5.93. The molecule has 0 aliphatic rings. The fourth-order valence-electron chi connectivity index (χ4n) is 3.34. The van der Waals surface area contributed by atoms with Crippen molar-refractivity contribution in [2.24, 2.45) is 0 Å². The Bertz CT molecular complexity index is 1870. The first kappa shape index (κ1) is 30.4. The average molecular weight is 637 g/mol. The molecule has 0 amide bonds. The lowest BCUT2D eigenvalue weighted by Crippen LogP contribution is -1.98. The third-order valence-electron chi connectivity index (χ3n) is 5.47. The van der Waals surface area contributed by atoms with Gasteiger partial charge in [0.25, 0.3) is 0 Å². The second-order valence-electron chi connectivity index (χ2n) is 8.58. The lowest BCUT2D eigenvalue weighted by atomic mass is 10.2. The molecule has 6 rings (SSSR count). The minimum atomic E-state index is -0.377. The number of halogens is 3. The molecule has 0 atom stereocenters. The van der Waals surface area contributed by atoms with E-state index in [9.17, 15) is 8.78 Å². The van der Waals surface area contributed by atoms with Gasteiger partial charge in [-0.1, -0.05) is 24.0 Å². The van der Waals surface area contributed by atoms with Crippen molar-refractivity contribution < 1.29 is 8.78 Å². The van der Waals surface area contributed by atoms with Crippen LogP contribution in [0.5, 0.6) is 0 Å². The summed E-state index contributed by atoms with van der Waals surface area (Å²) in [6, 6.07) is 17.0. The quantitative estimate of drug-likeness (QED) is 0.170. The Kier molecular flexibility index (Phi) is 10.6. The van der Waals surface area contributed by atoms with E-state index in [4.69, 9.17) is 6.42 Å². The van der Waals surface area contributed by atoms with E-state index in [1.54, 1.807) is 41.6 Å². The maximum Gasteiger partial charge on any atom is 0.153 e. The second kappa shape index (κ2) is 14.9. The summed E-state index contributed by atoms with van der Waals surface area (Å²) in [5, 5.41) is 8.50. The first-order valence-corrected chi connectivity index (χ1v) is 13.4. The molecular weight excluding hydrogens is 614 g/mol. The molecule has 212 valence electrons. The van der Waals surface area contributed by atoms with E-state index in [1.165, 1.54) is 16.8 Å². The molecule has 43 heavy (non-hydrogen) atoms. The monoisotopic (exact) mass is 636 g/mol. The van der Waals surface area contributed by atoms with Crippen LogP contribution in [0.15, 0.2) is 102 Å². The molecule has 0 radical (unpaired) electrons. The van der Waals surface area contributed by atoms with Crippen LogP contribution in [-0.2, 0) is 0 Å². The molecule has 0 saturated carbocycles. The van der Waals surface area contributed by atoms with Gasteiger partial charge < -0.3 is 0 Å². The Morgan fingerprint density at radius 3 is 1.65 bits per heavy atom. The highest BCUT2D eigenvalue weighted by Gasteiger charge is 2.06. The van der Waals surface area contributed by atoms with Crippen LogP contribution < -0.4 is 0 Å². The molecule has 0 aromatic carbocycles. The molecule has 0 fully saturated rings. The highest BCUT2D eigenvalue weighted by molar-refractivity contribution is 9.10. The predicted octanol–water partition coefficient (Wildman–Crippen LogP) is 6.05. The molecular formula is C32H23BrF2N8. The van der Waals surface area contributed by atoms with E-state index in [0.717, 1.165) is 33.9 Å². The van der Waals surface area contributed by atoms with Crippen LogP contribution in [0.2, 0.25) is 0 Å². The largest absolute Gasteiger partial charge is 0.249 e. The molecule has 6 heterocycles. The summed E-state index contributed by atoms with van der Waals surface area (Å²) in [5.74, 6) is 8.86. The number of pyridine rings is 4. The van der Waals surface area contributed by atoms with E-state index >= 15 is 0 Å². The van der Waals surface area contributed by atoms with Crippen LogP contribution >= 0.6 is 15.9 Å². The van der Waals surface area contributed by atoms with E-state index < -0.39 is 0 Å². The Morgan fingerprint density at radius 1 is 0.674 bits per heavy atom.